The number of benzene rings is 2. The fraction of sp³-hybridized carbons (Fsp3) is 0.267. The molecule has 38 heavy (non-hydrogen) atoms. The Kier molecular flexibility index (Phi) is 8.63. The Morgan fingerprint density at radius 3 is 2.50 bits per heavy atom. The molecule has 0 atom stereocenters. The van der Waals surface area contributed by atoms with Crippen LogP contribution in [0.5, 0.6) is 23.1 Å². The number of rotatable bonds is 11. The molecular weight excluding hydrogens is 487 g/mol. The van der Waals surface area contributed by atoms with E-state index in [4.69, 9.17) is 14.2 Å². The van der Waals surface area contributed by atoms with Crippen molar-refractivity contribution in [1.29, 1.82) is 0 Å². The average Bonchev–Trinajstić information content (AvgIpc) is 2.90. The molecule has 0 N–H and O–H groups in total. The Hall–Kier alpha value is -4.33. The van der Waals surface area contributed by atoms with Gasteiger partial charge in [0.1, 0.15) is 11.6 Å². The van der Waals surface area contributed by atoms with Gasteiger partial charge in [-0.15, -0.1) is 0 Å². The van der Waals surface area contributed by atoms with Crippen molar-refractivity contribution in [3.8, 4) is 23.1 Å². The summed E-state index contributed by atoms with van der Waals surface area (Å²) in [6, 6.07) is 14.9. The lowest BCUT2D eigenvalue weighted by Gasteiger charge is -2.13. The van der Waals surface area contributed by atoms with Crippen molar-refractivity contribution < 1.29 is 28.2 Å². The predicted octanol–water partition coefficient (Wildman–Crippen LogP) is 6.65. The summed E-state index contributed by atoms with van der Waals surface area (Å²) < 4.78 is 29.7. The molecule has 0 aliphatic carbocycles. The zero-order chi connectivity index (χ0) is 27.1. The number of fused-ring (bicyclic) bond motifs is 1. The van der Waals surface area contributed by atoms with Crippen LogP contribution in [-0.2, 0) is 17.6 Å². The highest BCUT2D eigenvalue weighted by atomic mass is 19.1. The van der Waals surface area contributed by atoms with Gasteiger partial charge in [-0.05, 0) is 60.4 Å². The number of unbranched alkanes of at least 4 members (excludes halogenated alkanes) is 2. The number of hydrogen-bond donors (Lipinski definition) is 0. The van der Waals surface area contributed by atoms with E-state index < -0.39 is 5.97 Å². The van der Waals surface area contributed by atoms with Crippen molar-refractivity contribution >= 4 is 22.7 Å². The van der Waals surface area contributed by atoms with Crippen LogP contribution in [0.1, 0.15) is 54.7 Å². The Balaban J connectivity index is 1.66. The average molecular weight is 517 g/mol. The van der Waals surface area contributed by atoms with Gasteiger partial charge in [0.2, 0.25) is 11.6 Å². The lowest BCUT2D eigenvalue weighted by molar-refractivity contribution is -0.132. The summed E-state index contributed by atoms with van der Waals surface area (Å²) in [6.45, 7) is 3.40. The number of ether oxygens (including phenoxy) is 3. The second-order valence-corrected chi connectivity index (χ2v) is 8.87. The number of aromatic nitrogens is 2. The summed E-state index contributed by atoms with van der Waals surface area (Å²) in [5.74, 6) is -0.0321. The van der Waals surface area contributed by atoms with Crippen LogP contribution >= 0.6 is 0 Å². The van der Waals surface area contributed by atoms with Gasteiger partial charge >= 0.3 is 5.97 Å². The molecule has 0 aliphatic rings. The lowest BCUT2D eigenvalue weighted by atomic mass is 9.98. The fourth-order valence-corrected chi connectivity index (χ4v) is 4.17. The van der Waals surface area contributed by atoms with Crippen molar-refractivity contribution in [3.63, 3.8) is 0 Å². The summed E-state index contributed by atoms with van der Waals surface area (Å²) in [7, 11) is 1.43. The van der Waals surface area contributed by atoms with Gasteiger partial charge in [-0.3, -0.25) is 9.59 Å². The topological polar surface area (TPSA) is 87.6 Å². The van der Waals surface area contributed by atoms with Gasteiger partial charge < -0.3 is 14.2 Å². The van der Waals surface area contributed by atoms with E-state index in [1.165, 1.54) is 38.4 Å². The molecule has 0 amide bonds. The normalized spacial score (nSPS) is 10.8. The highest BCUT2D eigenvalue weighted by molar-refractivity contribution is 6.00. The second kappa shape index (κ2) is 12.3. The first-order valence-corrected chi connectivity index (χ1v) is 12.5. The van der Waals surface area contributed by atoms with Gasteiger partial charge in [0.25, 0.3) is 0 Å². The molecule has 0 spiro atoms. The molecule has 0 bridgehead atoms. The first-order chi connectivity index (χ1) is 18.4. The minimum absolute atomic E-state index is 0.0118. The lowest BCUT2D eigenvalue weighted by Crippen LogP contribution is -2.12. The SMILES string of the molecule is CCCCCc1cc(Oc2ccc(F)cc2)nc2ccc(CC(=O)c3nccc(OC)c3OC(C)=O)cc12. The summed E-state index contributed by atoms with van der Waals surface area (Å²) in [6.07, 6.45) is 5.47. The number of carbonyl (C=O) groups excluding carboxylic acids is 2. The van der Waals surface area contributed by atoms with Gasteiger partial charge in [0.05, 0.1) is 12.6 Å². The Morgan fingerprint density at radius 2 is 1.79 bits per heavy atom. The minimum Gasteiger partial charge on any atom is -0.493 e. The van der Waals surface area contributed by atoms with E-state index in [0.717, 1.165) is 47.7 Å². The van der Waals surface area contributed by atoms with Crippen LogP contribution in [0.4, 0.5) is 4.39 Å². The minimum atomic E-state index is -0.572. The summed E-state index contributed by atoms with van der Waals surface area (Å²) in [5, 5.41) is 0.927. The number of carbonyl (C=O) groups is 2. The van der Waals surface area contributed by atoms with Crippen molar-refractivity contribution in [2.45, 2.75) is 46.0 Å². The zero-order valence-corrected chi connectivity index (χ0v) is 21.6. The maximum absolute atomic E-state index is 13.3. The number of Topliss-reactive ketones (excluding diaryl/α,β-unsaturated/α-hetero) is 1. The van der Waals surface area contributed by atoms with Crippen LogP contribution in [0, 0.1) is 5.82 Å². The van der Waals surface area contributed by atoms with Gasteiger partial charge in [0.15, 0.2) is 17.2 Å². The predicted molar refractivity (Wildman–Crippen MR) is 142 cm³/mol. The maximum atomic E-state index is 13.3. The molecule has 2 heterocycles. The van der Waals surface area contributed by atoms with Gasteiger partial charge in [0, 0.05) is 37.1 Å². The fourth-order valence-electron chi connectivity index (χ4n) is 4.17. The molecule has 0 aliphatic heterocycles. The smallest absolute Gasteiger partial charge is 0.308 e. The Morgan fingerprint density at radius 1 is 1.00 bits per heavy atom. The van der Waals surface area contributed by atoms with Crippen LogP contribution in [-0.4, -0.2) is 28.8 Å². The molecule has 0 unspecified atom stereocenters. The highest BCUT2D eigenvalue weighted by Gasteiger charge is 2.21. The standard InChI is InChI=1S/C30H29FN2O5/c1-4-5-6-7-21-18-28(38-23-11-9-22(31)10-12-23)33-25-13-8-20(16-24(21)25)17-26(35)29-30(37-19(2)34)27(36-3)14-15-32-29/h8-16,18H,4-7,17H2,1-3H3. The van der Waals surface area contributed by atoms with E-state index in [0.29, 0.717) is 11.6 Å². The molecule has 2 aromatic heterocycles. The van der Waals surface area contributed by atoms with E-state index in [1.54, 1.807) is 12.1 Å². The summed E-state index contributed by atoms with van der Waals surface area (Å²) in [5.41, 5.74) is 2.58. The van der Waals surface area contributed by atoms with Crippen molar-refractivity contribution in [1.82, 2.24) is 9.97 Å². The molecule has 0 saturated heterocycles. The molecule has 7 nitrogen and oxygen atoms in total. The number of pyridine rings is 2. The van der Waals surface area contributed by atoms with Crippen molar-refractivity contribution in [2.24, 2.45) is 0 Å². The van der Waals surface area contributed by atoms with Crippen LogP contribution in [0.15, 0.2) is 60.8 Å². The molecule has 0 radical (unpaired) electrons. The number of methoxy groups -OCH3 is 1. The van der Waals surface area contributed by atoms with E-state index >= 15 is 0 Å². The second-order valence-electron chi connectivity index (χ2n) is 8.87. The highest BCUT2D eigenvalue weighted by Crippen LogP contribution is 2.32. The Bertz CT molecular complexity index is 1450. The third-order valence-electron chi connectivity index (χ3n) is 5.98. The molecule has 0 fully saturated rings. The first-order valence-electron chi connectivity index (χ1n) is 12.5. The first kappa shape index (κ1) is 26.7. The number of aryl methyl sites for hydroxylation is 1. The van der Waals surface area contributed by atoms with Crippen LogP contribution in [0.3, 0.4) is 0 Å². The maximum Gasteiger partial charge on any atom is 0.308 e. The van der Waals surface area contributed by atoms with Crippen molar-refractivity contribution in [2.75, 3.05) is 7.11 Å². The van der Waals surface area contributed by atoms with Crippen LogP contribution in [0.2, 0.25) is 0 Å². The number of halogens is 1. The molecule has 196 valence electrons. The molecule has 0 saturated carbocycles. The van der Waals surface area contributed by atoms with Crippen LogP contribution in [0.25, 0.3) is 10.9 Å². The monoisotopic (exact) mass is 516 g/mol. The molecular formula is C30H29FN2O5. The molecule has 8 heteroatoms. The van der Waals surface area contributed by atoms with Gasteiger partial charge in [-0.25, -0.2) is 14.4 Å². The number of nitrogens with zero attached hydrogens (tertiary/aromatic N) is 2. The number of esters is 1. The van der Waals surface area contributed by atoms with E-state index in [-0.39, 0.29) is 35.2 Å². The zero-order valence-electron chi connectivity index (χ0n) is 21.6. The number of hydrogen-bond acceptors (Lipinski definition) is 7. The van der Waals surface area contributed by atoms with Crippen LogP contribution < -0.4 is 14.2 Å². The van der Waals surface area contributed by atoms with E-state index in [2.05, 4.69) is 16.9 Å². The third kappa shape index (κ3) is 6.51. The van der Waals surface area contributed by atoms with E-state index in [1.807, 2.05) is 24.3 Å². The van der Waals surface area contributed by atoms with Gasteiger partial charge in [-0.1, -0.05) is 25.8 Å². The largest absolute Gasteiger partial charge is 0.493 e. The number of ketones is 1. The summed E-state index contributed by atoms with van der Waals surface area (Å²) in [4.78, 5) is 33.6. The molecule has 4 rings (SSSR count). The quantitative estimate of drug-likeness (QED) is 0.125. The third-order valence-corrected chi connectivity index (χ3v) is 5.98. The molecule has 2 aromatic carbocycles. The van der Waals surface area contributed by atoms with Crippen molar-refractivity contribution in [3.05, 3.63) is 83.4 Å². The Labute approximate surface area is 220 Å². The summed E-state index contributed by atoms with van der Waals surface area (Å²) >= 11 is 0. The van der Waals surface area contributed by atoms with Gasteiger partial charge in [-0.2, -0.15) is 0 Å². The molecule has 4 aromatic rings. The van der Waals surface area contributed by atoms with E-state index in [9.17, 15) is 14.0 Å².